The molecule has 106 valence electrons. The zero-order chi connectivity index (χ0) is 14.5. The average molecular weight is 387 g/mol. The third-order valence-electron chi connectivity index (χ3n) is 2.21. The van der Waals surface area contributed by atoms with Crippen LogP contribution in [0.4, 0.5) is 0 Å². The van der Waals surface area contributed by atoms with E-state index in [2.05, 4.69) is 31.9 Å². The van der Waals surface area contributed by atoms with E-state index in [1.54, 1.807) is 4.90 Å². The second kappa shape index (κ2) is 8.15. The standard InChI is InChI=1S/C12H21Br2NO3/c1-7(2)5-15(6-8(3)4)11(16)9(13)10(14)12(17)18/h7-10H,5-6H2,1-4H3,(H,17,18)/t9-,10+/m1/s1. The van der Waals surface area contributed by atoms with Crippen molar-refractivity contribution in [3.63, 3.8) is 0 Å². The first-order valence-electron chi connectivity index (χ1n) is 5.96. The second-order valence-corrected chi connectivity index (χ2v) is 7.15. The predicted octanol–water partition coefficient (Wildman–Crippen LogP) is 2.74. The SMILES string of the molecule is CC(C)CN(CC(C)C)C(=O)[C@H](Br)[C@H](Br)C(=O)O. The van der Waals surface area contributed by atoms with Crippen LogP contribution in [0.3, 0.4) is 0 Å². The summed E-state index contributed by atoms with van der Waals surface area (Å²) in [5.41, 5.74) is 0. The number of alkyl halides is 2. The zero-order valence-electron chi connectivity index (χ0n) is 11.2. The van der Waals surface area contributed by atoms with Gasteiger partial charge in [0.25, 0.3) is 0 Å². The summed E-state index contributed by atoms with van der Waals surface area (Å²) in [7, 11) is 0. The lowest BCUT2D eigenvalue weighted by molar-refractivity contribution is -0.139. The lowest BCUT2D eigenvalue weighted by Crippen LogP contribution is -2.45. The van der Waals surface area contributed by atoms with Crippen molar-refractivity contribution >= 4 is 43.7 Å². The number of rotatable bonds is 7. The number of carbonyl (C=O) groups excluding carboxylic acids is 1. The summed E-state index contributed by atoms with van der Waals surface area (Å²) in [4.78, 5) is 23.2. The van der Waals surface area contributed by atoms with Gasteiger partial charge in [-0.1, -0.05) is 59.6 Å². The molecule has 0 spiro atoms. The molecule has 1 N–H and O–H groups in total. The predicted molar refractivity (Wildman–Crippen MR) is 79.3 cm³/mol. The van der Waals surface area contributed by atoms with E-state index in [-0.39, 0.29) is 5.91 Å². The van der Waals surface area contributed by atoms with Crippen molar-refractivity contribution in [2.75, 3.05) is 13.1 Å². The van der Waals surface area contributed by atoms with Crippen molar-refractivity contribution in [3.8, 4) is 0 Å². The van der Waals surface area contributed by atoms with Crippen LogP contribution in [0.2, 0.25) is 0 Å². The van der Waals surface area contributed by atoms with Crippen LogP contribution in [-0.4, -0.2) is 44.6 Å². The first-order valence-corrected chi connectivity index (χ1v) is 7.79. The third kappa shape index (κ3) is 6.18. The van der Waals surface area contributed by atoms with Gasteiger partial charge in [-0.3, -0.25) is 9.59 Å². The Kier molecular flexibility index (Phi) is 8.10. The van der Waals surface area contributed by atoms with Gasteiger partial charge in [-0.25, -0.2) is 0 Å². The molecule has 0 aliphatic carbocycles. The van der Waals surface area contributed by atoms with E-state index in [1.165, 1.54) is 0 Å². The number of aliphatic carboxylic acids is 1. The smallest absolute Gasteiger partial charge is 0.318 e. The van der Waals surface area contributed by atoms with E-state index >= 15 is 0 Å². The molecule has 4 nitrogen and oxygen atoms in total. The number of amides is 1. The Morgan fingerprint density at radius 1 is 1.00 bits per heavy atom. The Labute approximate surface area is 125 Å². The zero-order valence-corrected chi connectivity index (χ0v) is 14.4. The van der Waals surface area contributed by atoms with Gasteiger partial charge in [0.05, 0.1) is 0 Å². The summed E-state index contributed by atoms with van der Waals surface area (Å²) < 4.78 is 0. The Morgan fingerprint density at radius 2 is 1.39 bits per heavy atom. The monoisotopic (exact) mass is 385 g/mol. The number of nitrogens with zero attached hydrogens (tertiary/aromatic N) is 1. The van der Waals surface area contributed by atoms with Gasteiger partial charge in [0.15, 0.2) is 0 Å². The highest BCUT2D eigenvalue weighted by atomic mass is 79.9. The molecule has 0 unspecified atom stereocenters. The maximum absolute atomic E-state index is 12.2. The number of hydrogen-bond acceptors (Lipinski definition) is 2. The van der Waals surface area contributed by atoms with Crippen molar-refractivity contribution < 1.29 is 14.7 Å². The van der Waals surface area contributed by atoms with E-state index in [1.807, 2.05) is 27.7 Å². The first-order chi connectivity index (χ1) is 8.16. The van der Waals surface area contributed by atoms with Gasteiger partial charge in [0, 0.05) is 13.1 Å². The Bertz CT molecular complexity index is 285. The van der Waals surface area contributed by atoms with Gasteiger partial charge in [-0.05, 0) is 11.8 Å². The topological polar surface area (TPSA) is 57.6 Å². The van der Waals surface area contributed by atoms with E-state index in [4.69, 9.17) is 5.11 Å². The van der Waals surface area contributed by atoms with Gasteiger partial charge in [-0.15, -0.1) is 0 Å². The Balaban J connectivity index is 4.77. The van der Waals surface area contributed by atoms with Crippen molar-refractivity contribution in [2.24, 2.45) is 11.8 Å². The minimum absolute atomic E-state index is 0.179. The van der Waals surface area contributed by atoms with E-state index in [9.17, 15) is 9.59 Å². The van der Waals surface area contributed by atoms with Crippen LogP contribution >= 0.6 is 31.9 Å². The molecule has 0 aliphatic heterocycles. The lowest BCUT2D eigenvalue weighted by atomic mass is 10.1. The van der Waals surface area contributed by atoms with Gasteiger partial charge >= 0.3 is 5.97 Å². The first kappa shape index (κ1) is 17.9. The highest BCUT2D eigenvalue weighted by molar-refractivity contribution is 9.12. The fourth-order valence-electron chi connectivity index (χ4n) is 1.56. The molecule has 0 aliphatic rings. The minimum atomic E-state index is -1.04. The van der Waals surface area contributed by atoms with Gasteiger partial charge in [-0.2, -0.15) is 0 Å². The molecule has 0 heterocycles. The number of carboxylic acid groups (broad SMARTS) is 1. The van der Waals surface area contributed by atoms with E-state index < -0.39 is 15.6 Å². The minimum Gasteiger partial charge on any atom is -0.480 e. The van der Waals surface area contributed by atoms with Crippen molar-refractivity contribution in [1.82, 2.24) is 4.90 Å². The Hall–Kier alpha value is -0.100. The molecule has 2 atom stereocenters. The molecule has 0 aromatic heterocycles. The molecule has 0 fully saturated rings. The van der Waals surface area contributed by atoms with Crippen LogP contribution in [0.5, 0.6) is 0 Å². The van der Waals surface area contributed by atoms with Gasteiger partial charge in [0.2, 0.25) is 5.91 Å². The number of halogens is 2. The van der Waals surface area contributed by atoms with Crippen LogP contribution in [0.1, 0.15) is 27.7 Å². The molecule has 0 aromatic rings. The normalized spacial score (nSPS) is 14.7. The maximum Gasteiger partial charge on any atom is 0.318 e. The molecule has 0 aromatic carbocycles. The molecule has 6 heteroatoms. The third-order valence-corrected chi connectivity index (χ3v) is 4.76. The van der Waals surface area contributed by atoms with Crippen LogP contribution in [0, 0.1) is 11.8 Å². The molecular weight excluding hydrogens is 366 g/mol. The van der Waals surface area contributed by atoms with Gasteiger partial charge < -0.3 is 10.0 Å². The molecule has 0 bridgehead atoms. The fourth-order valence-corrected chi connectivity index (χ4v) is 2.30. The quantitative estimate of drug-likeness (QED) is 0.684. The van der Waals surface area contributed by atoms with E-state index in [0.29, 0.717) is 24.9 Å². The van der Waals surface area contributed by atoms with Crippen LogP contribution in [0.15, 0.2) is 0 Å². The largest absolute Gasteiger partial charge is 0.480 e. The molecule has 0 radical (unpaired) electrons. The average Bonchev–Trinajstić information content (AvgIpc) is 2.23. The summed E-state index contributed by atoms with van der Waals surface area (Å²) >= 11 is 6.19. The molecular formula is C12H21Br2NO3. The summed E-state index contributed by atoms with van der Waals surface area (Å²) in [5.74, 6) is -0.516. The molecule has 0 saturated heterocycles. The highest BCUT2D eigenvalue weighted by Gasteiger charge is 2.32. The summed E-state index contributed by atoms with van der Waals surface area (Å²) in [6.45, 7) is 9.41. The number of carboxylic acids is 1. The Morgan fingerprint density at radius 3 is 1.67 bits per heavy atom. The van der Waals surface area contributed by atoms with Crippen LogP contribution in [-0.2, 0) is 9.59 Å². The summed E-state index contributed by atoms with van der Waals surface area (Å²) in [6, 6.07) is 0. The second-order valence-electron chi connectivity index (χ2n) is 5.17. The summed E-state index contributed by atoms with van der Waals surface area (Å²) in [5, 5.41) is 8.90. The fraction of sp³-hybridized carbons (Fsp3) is 0.833. The molecule has 18 heavy (non-hydrogen) atoms. The van der Waals surface area contributed by atoms with Crippen LogP contribution in [0.25, 0.3) is 0 Å². The summed E-state index contributed by atoms with van der Waals surface area (Å²) in [6.07, 6.45) is 0. The van der Waals surface area contributed by atoms with Crippen molar-refractivity contribution in [2.45, 2.75) is 37.3 Å². The number of hydrogen-bond donors (Lipinski definition) is 1. The van der Waals surface area contributed by atoms with Crippen molar-refractivity contribution in [1.29, 1.82) is 0 Å². The maximum atomic E-state index is 12.2. The molecule has 0 saturated carbocycles. The lowest BCUT2D eigenvalue weighted by Gasteiger charge is -2.29. The number of carbonyl (C=O) groups is 2. The van der Waals surface area contributed by atoms with Crippen molar-refractivity contribution in [3.05, 3.63) is 0 Å². The van der Waals surface area contributed by atoms with Gasteiger partial charge in [0.1, 0.15) is 9.65 Å². The van der Waals surface area contributed by atoms with Crippen LogP contribution < -0.4 is 0 Å². The van der Waals surface area contributed by atoms with E-state index in [0.717, 1.165) is 0 Å². The highest BCUT2D eigenvalue weighted by Crippen LogP contribution is 2.19. The molecule has 1 amide bonds. The molecule has 0 rings (SSSR count).